The first-order valence-corrected chi connectivity index (χ1v) is 7.64. The molecule has 116 valence electrons. The number of pyridine rings is 1. The molecule has 6 nitrogen and oxygen atoms in total. The molecule has 0 fully saturated rings. The minimum absolute atomic E-state index is 0.00312. The Morgan fingerprint density at radius 2 is 2.27 bits per heavy atom. The fourth-order valence-corrected chi connectivity index (χ4v) is 2.73. The highest BCUT2D eigenvalue weighted by molar-refractivity contribution is 5.92. The summed E-state index contributed by atoms with van der Waals surface area (Å²) in [5, 5.41) is 4.43. The molecule has 0 aromatic carbocycles. The Hall–Kier alpha value is -2.37. The van der Waals surface area contributed by atoms with Crippen LogP contribution in [0.2, 0.25) is 0 Å². The summed E-state index contributed by atoms with van der Waals surface area (Å²) >= 11 is 0. The number of amides is 1. The van der Waals surface area contributed by atoms with Gasteiger partial charge in [0.2, 0.25) is 0 Å². The maximum Gasteiger partial charge on any atom is 0.274 e. The Morgan fingerprint density at radius 3 is 2.91 bits per heavy atom. The average molecular weight is 300 g/mol. The molecule has 3 heterocycles. The number of fused-ring (bicyclic) bond motifs is 1. The molecule has 2 aromatic heterocycles. The molecular weight excluding hydrogens is 280 g/mol. The van der Waals surface area contributed by atoms with Crippen molar-refractivity contribution in [2.45, 2.75) is 32.9 Å². The Balaban J connectivity index is 1.66. The molecule has 2 aromatic rings. The van der Waals surface area contributed by atoms with Crippen LogP contribution < -0.4 is 4.74 Å². The molecule has 22 heavy (non-hydrogen) atoms. The SMILES string of the molecule is CCN(CC)C(=O)c1cc2n(n1)C[C@@H](Oc1cccnc1)C2. The van der Waals surface area contributed by atoms with E-state index >= 15 is 0 Å². The fourth-order valence-electron chi connectivity index (χ4n) is 2.73. The molecule has 0 saturated heterocycles. The highest BCUT2D eigenvalue weighted by atomic mass is 16.5. The zero-order valence-electron chi connectivity index (χ0n) is 12.9. The summed E-state index contributed by atoms with van der Waals surface area (Å²) in [7, 11) is 0. The summed E-state index contributed by atoms with van der Waals surface area (Å²) in [6, 6.07) is 5.63. The Kier molecular flexibility index (Phi) is 4.09. The van der Waals surface area contributed by atoms with E-state index in [0.717, 1.165) is 17.9 Å². The van der Waals surface area contributed by atoms with E-state index in [9.17, 15) is 4.79 Å². The van der Waals surface area contributed by atoms with E-state index in [2.05, 4.69) is 10.1 Å². The number of aromatic nitrogens is 3. The van der Waals surface area contributed by atoms with E-state index in [0.29, 0.717) is 25.3 Å². The van der Waals surface area contributed by atoms with Gasteiger partial charge in [0.15, 0.2) is 5.69 Å². The van der Waals surface area contributed by atoms with Gasteiger partial charge in [-0.2, -0.15) is 5.10 Å². The largest absolute Gasteiger partial charge is 0.486 e. The third-order valence-electron chi connectivity index (χ3n) is 3.88. The molecule has 0 radical (unpaired) electrons. The van der Waals surface area contributed by atoms with Gasteiger partial charge in [-0.15, -0.1) is 0 Å². The van der Waals surface area contributed by atoms with Crippen LogP contribution in [0.25, 0.3) is 0 Å². The normalized spacial score (nSPS) is 16.4. The van der Waals surface area contributed by atoms with E-state index in [1.807, 2.05) is 36.7 Å². The number of rotatable bonds is 5. The lowest BCUT2D eigenvalue weighted by molar-refractivity contribution is 0.0765. The standard InChI is InChI=1S/C16H20N4O2/c1-3-19(4-2)16(21)15-9-12-8-14(11-20(12)18-15)22-13-6-5-7-17-10-13/h5-7,9-10,14H,3-4,8,11H2,1-2H3/t14-/m0/s1. The van der Waals surface area contributed by atoms with Crippen molar-refractivity contribution in [3.63, 3.8) is 0 Å². The third kappa shape index (κ3) is 2.81. The lowest BCUT2D eigenvalue weighted by atomic mass is 10.2. The smallest absolute Gasteiger partial charge is 0.274 e. The maximum atomic E-state index is 12.3. The van der Waals surface area contributed by atoms with Crippen LogP contribution in [0.5, 0.6) is 5.75 Å². The second kappa shape index (κ2) is 6.17. The third-order valence-corrected chi connectivity index (χ3v) is 3.88. The van der Waals surface area contributed by atoms with Gasteiger partial charge in [-0.1, -0.05) is 0 Å². The van der Waals surface area contributed by atoms with E-state index in [1.165, 1.54) is 0 Å². The molecule has 0 unspecified atom stereocenters. The highest BCUT2D eigenvalue weighted by Gasteiger charge is 2.27. The van der Waals surface area contributed by atoms with Crippen molar-refractivity contribution in [1.29, 1.82) is 0 Å². The van der Waals surface area contributed by atoms with Crippen molar-refractivity contribution >= 4 is 5.91 Å². The summed E-state index contributed by atoms with van der Waals surface area (Å²) in [5.74, 6) is 0.759. The van der Waals surface area contributed by atoms with Crippen molar-refractivity contribution in [1.82, 2.24) is 19.7 Å². The first-order chi connectivity index (χ1) is 10.7. The molecule has 1 amide bonds. The monoisotopic (exact) mass is 300 g/mol. The van der Waals surface area contributed by atoms with Gasteiger partial charge in [0.05, 0.1) is 12.7 Å². The van der Waals surface area contributed by atoms with Crippen molar-refractivity contribution in [2.75, 3.05) is 13.1 Å². The van der Waals surface area contributed by atoms with Crippen molar-refractivity contribution in [3.8, 4) is 5.75 Å². The molecular formula is C16H20N4O2. The topological polar surface area (TPSA) is 60.2 Å². The van der Waals surface area contributed by atoms with Crippen LogP contribution in [0.1, 0.15) is 30.0 Å². The molecule has 1 atom stereocenters. The summed E-state index contributed by atoms with van der Waals surface area (Å²) in [4.78, 5) is 18.1. The van der Waals surface area contributed by atoms with Gasteiger partial charge in [0, 0.05) is 31.4 Å². The Bertz CT molecular complexity index is 626. The minimum atomic E-state index is -0.00312. The molecule has 0 bridgehead atoms. The van der Waals surface area contributed by atoms with Gasteiger partial charge in [-0.3, -0.25) is 14.5 Å². The molecule has 1 aliphatic heterocycles. The number of nitrogens with zero attached hydrogens (tertiary/aromatic N) is 4. The molecule has 3 rings (SSSR count). The van der Waals surface area contributed by atoms with Gasteiger partial charge in [0.25, 0.3) is 5.91 Å². The molecule has 0 spiro atoms. The lowest BCUT2D eigenvalue weighted by Crippen LogP contribution is -2.31. The van der Waals surface area contributed by atoms with Crippen LogP contribution in [0.4, 0.5) is 0 Å². The predicted octanol–water partition coefficient (Wildman–Crippen LogP) is 1.76. The van der Waals surface area contributed by atoms with Crippen molar-refractivity contribution in [3.05, 3.63) is 42.0 Å². The van der Waals surface area contributed by atoms with Crippen LogP contribution in [-0.2, 0) is 13.0 Å². The Labute approximate surface area is 129 Å². The molecule has 0 N–H and O–H groups in total. The van der Waals surface area contributed by atoms with Gasteiger partial charge < -0.3 is 9.64 Å². The van der Waals surface area contributed by atoms with Crippen LogP contribution in [0.15, 0.2) is 30.6 Å². The average Bonchev–Trinajstić information content (AvgIpc) is 3.07. The lowest BCUT2D eigenvalue weighted by Gasteiger charge is -2.17. The van der Waals surface area contributed by atoms with Crippen LogP contribution in [0.3, 0.4) is 0 Å². The molecule has 0 saturated carbocycles. The van der Waals surface area contributed by atoms with Gasteiger partial charge >= 0.3 is 0 Å². The number of carbonyl (C=O) groups is 1. The quantitative estimate of drug-likeness (QED) is 0.844. The number of carbonyl (C=O) groups excluding carboxylic acids is 1. The number of hydrogen-bond acceptors (Lipinski definition) is 4. The summed E-state index contributed by atoms with van der Waals surface area (Å²) in [6.45, 7) is 6.01. The van der Waals surface area contributed by atoms with E-state index in [4.69, 9.17) is 4.74 Å². The highest BCUT2D eigenvalue weighted by Crippen LogP contribution is 2.21. The molecule has 6 heteroatoms. The van der Waals surface area contributed by atoms with E-state index < -0.39 is 0 Å². The second-order valence-corrected chi connectivity index (χ2v) is 5.31. The van der Waals surface area contributed by atoms with Gasteiger partial charge in [-0.25, -0.2) is 0 Å². The van der Waals surface area contributed by atoms with Crippen molar-refractivity contribution < 1.29 is 9.53 Å². The minimum Gasteiger partial charge on any atom is -0.486 e. The van der Waals surface area contributed by atoms with Gasteiger partial charge in [0.1, 0.15) is 11.9 Å². The predicted molar refractivity (Wildman–Crippen MR) is 81.8 cm³/mol. The van der Waals surface area contributed by atoms with Gasteiger partial charge in [-0.05, 0) is 32.0 Å². The van der Waals surface area contributed by atoms with Crippen molar-refractivity contribution in [2.24, 2.45) is 0 Å². The first-order valence-electron chi connectivity index (χ1n) is 7.64. The van der Waals surface area contributed by atoms with E-state index in [1.54, 1.807) is 17.3 Å². The Morgan fingerprint density at radius 1 is 1.45 bits per heavy atom. The number of ether oxygens (including phenoxy) is 1. The fraction of sp³-hybridized carbons (Fsp3) is 0.438. The summed E-state index contributed by atoms with van der Waals surface area (Å²) in [5.41, 5.74) is 1.57. The summed E-state index contributed by atoms with van der Waals surface area (Å²) < 4.78 is 7.76. The second-order valence-electron chi connectivity index (χ2n) is 5.31. The number of hydrogen-bond donors (Lipinski definition) is 0. The van der Waals surface area contributed by atoms with E-state index in [-0.39, 0.29) is 12.0 Å². The zero-order valence-corrected chi connectivity index (χ0v) is 12.9. The van der Waals surface area contributed by atoms with Crippen LogP contribution in [0, 0.1) is 0 Å². The van der Waals surface area contributed by atoms with Crippen LogP contribution in [-0.4, -0.2) is 44.8 Å². The maximum absolute atomic E-state index is 12.3. The zero-order chi connectivity index (χ0) is 15.5. The molecule has 1 aliphatic rings. The van der Waals surface area contributed by atoms with Crippen LogP contribution >= 0.6 is 0 Å². The molecule has 0 aliphatic carbocycles. The first kappa shape index (κ1) is 14.6. The summed E-state index contributed by atoms with van der Waals surface area (Å²) in [6.07, 6.45) is 4.23.